The van der Waals surface area contributed by atoms with E-state index >= 15 is 0 Å². The quantitative estimate of drug-likeness (QED) is 0.851. The lowest BCUT2D eigenvalue weighted by molar-refractivity contribution is 0.0276. The van der Waals surface area contributed by atoms with Crippen LogP contribution in [0.4, 0.5) is 0 Å². The van der Waals surface area contributed by atoms with Crippen LogP contribution in [0.3, 0.4) is 0 Å². The number of benzene rings is 1. The zero-order chi connectivity index (χ0) is 13.7. The topological polar surface area (TPSA) is 26.7 Å². The van der Waals surface area contributed by atoms with Crippen LogP contribution in [0.2, 0.25) is 0 Å². The minimum atomic E-state index is 0.415. The summed E-state index contributed by atoms with van der Waals surface area (Å²) in [5.74, 6) is 0.415. The monoisotopic (exact) mass is 272 g/mol. The molecule has 1 N–H and O–H groups in total. The van der Waals surface area contributed by atoms with E-state index in [0.29, 0.717) is 17.8 Å². The molecule has 1 aromatic carbocycles. The molecule has 3 aliphatic rings. The average molecular weight is 272 g/mol. The molecule has 20 heavy (non-hydrogen) atoms. The molecule has 0 radical (unpaired) electrons. The number of fused-ring (bicyclic) bond motifs is 2. The minimum absolute atomic E-state index is 0.415. The number of aromatic hydroxyl groups is 1. The molecule has 0 aromatic heterocycles. The van der Waals surface area contributed by atoms with E-state index in [0.717, 1.165) is 12.5 Å². The average Bonchev–Trinajstić information content (AvgIpc) is 3.03. The summed E-state index contributed by atoms with van der Waals surface area (Å²) < 4.78 is 0. The van der Waals surface area contributed by atoms with Crippen LogP contribution in [0.25, 0.3) is 0 Å². The Balaban J connectivity index is 1.59. The standard InChI is InChI=1S/C17H24N2O/c1-12-10-18-8-2-3-14(18)11-19(12)17-7-4-13-9-15(20)5-6-16(13)17/h5-6,9,12,14,17,20H,2-4,7-8,10-11H2,1H3. The van der Waals surface area contributed by atoms with Gasteiger partial charge in [0.1, 0.15) is 5.75 Å². The van der Waals surface area contributed by atoms with Gasteiger partial charge in [0.25, 0.3) is 0 Å². The molecule has 3 atom stereocenters. The van der Waals surface area contributed by atoms with Gasteiger partial charge in [-0.2, -0.15) is 0 Å². The number of aryl methyl sites for hydroxylation is 1. The van der Waals surface area contributed by atoms with Crippen LogP contribution < -0.4 is 0 Å². The summed E-state index contributed by atoms with van der Waals surface area (Å²) in [6.45, 7) is 6.14. The normalized spacial score (nSPS) is 34.1. The Hall–Kier alpha value is -1.06. The van der Waals surface area contributed by atoms with Crippen molar-refractivity contribution >= 4 is 0 Å². The molecular formula is C17H24N2O. The van der Waals surface area contributed by atoms with Crippen LogP contribution >= 0.6 is 0 Å². The van der Waals surface area contributed by atoms with E-state index in [4.69, 9.17) is 0 Å². The molecule has 0 bridgehead atoms. The first-order chi connectivity index (χ1) is 9.72. The van der Waals surface area contributed by atoms with Crippen molar-refractivity contribution in [3.05, 3.63) is 29.3 Å². The lowest BCUT2D eigenvalue weighted by Crippen LogP contribution is -2.55. The van der Waals surface area contributed by atoms with E-state index in [1.165, 1.54) is 50.0 Å². The second-order valence-electron chi connectivity index (χ2n) is 6.77. The van der Waals surface area contributed by atoms with Gasteiger partial charge in [-0.1, -0.05) is 6.07 Å². The van der Waals surface area contributed by atoms with Gasteiger partial charge in [0.05, 0.1) is 0 Å². The molecule has 1 aromatic rings. The van der Waals surface area contributed by atoms with Crippen molar-refractivity contribution in [3.8, 4) is 5.75 Å². The molecule has 0 spiro atoms. The van der Waals surface area contributed by atoms with E-state index in [2.05, 4.69) is 22.8 Å². The highest BCUT2D eigenvalue weighted by molar-refractivity contribution is 5.40. The lowest BCUT2D eigenvalue weighted by atomic mass is 10.0. The number of rotatable bonds is 1. The highest BCUT2D eigenvalue weighted by atomic mass is 16.3. The maximum atomic E-state index is 9.65. The van der Waals surface area contributed by atoms with Crippen molar-refractivity contribution < 1.29 is 5.11 Å². The fourth-order valence-electron chi connectivity index (χ4n) is 4.57. The SMILES string of the molecule is CC1CN2CCCC2CN1C1CCc2cc(O)ccc21. The predicted octanol–water partition coefficient (Wildman–Crippen LogP) is 2.55. The zero-order valence-electron chi connectivity index (χ0n) is 12.3. The van der Waals surface area contributed by atoms with Gasteiger partial charge in [0, 0.05) is 31.2 Å². The van der Waals surface area contributed by atoms with Crippen molar-refractivity contribution in [2.45, 2.75) is 50.7 Å². The molecule has 3 unspecified atom stereocenters. The Morgan fingerprint density at radius 2 is 2.10 bits per heavy atom. The largest absolute Gasteiger partial charge is 0.508 e. The molecule has 2 aliphatic heterocycles. The summed E-state index contributed by atoms with van der Waals surface area (Å²) in [5.41, 5.74) is 2.82. The van der Waals surface area contributed by atoms with Gasteiger partial charge in [0.2, 0.25) is 0 Å². The van der Waals surface area contributed by atoms with Crippen molar-refractivity contribution in [1.29, 1.82) is 0 Å². The lowest BCUT2D eigenvalue weighted by Gasteiger charge is -2.45. The van der Waals surface area contributed by atoms with E-state index in [9.17, 15) is 5.11 Å². The number of phenolic OH excluding ortho intramolecular Hbond substituents is 1. The highest BCUT2D eigenvalue weighted by Gasteiger charge is 2.39. The van der Waals surface area contributed by atoms with Crippen LogP contribution in [0, 0.1) is 0 Å². The Kier molecular flexibility index (Phi) is 3.00. The molecule has 2 saturated heterocycles. The van der Waals surface area contributed by atoms with Gasteiger partial charge in [0.15, 0.2) is 0 Å². The number of hydrogen-bond donors (Lipinski definition) is 1. The zero-order valence-corrected chi connectivity index (χ0v) is 12.3. The summed E-state index contributed by atoms with van der Waals surface area (Å²) in [6, 6.07) is 7.97. The molecule has 2 heterocycles. The smallest absolute Gasteiger partial charge is 0.115 e. The van der Waals surface area contributed by atoms with Gasteiger partial charge in [-0.3, -0.25) is 9.80 Å². The molecule has 1 aliphatic carbocycles. The van der Waals surface area contributed by atoms with Crippen LogP contribution in [0.5, 0.6) is 5.75 Å². The molecule has 0 amide bonds. The number of nitrogens with zero attached hydrogens (tertiary/aromatic N) is 2. The molecule has 4 rings (SSSR count). The summed E-state index contributed by atoms with van der Waals surface area (Å²) in [7, 11) is 0. The Morgan fingerprint density at radius 3 is 3.00 bits per heavy atom. The predicted molar refractivity (Wildman–Crippen MR) is 79.9 cm³/mol. The Labute approximate surface area is 121 Å². The van der Waals surface area contributed by atoms with Crippen molar-refractivity contribution in [3.63, 3.8) is 0 Å². The van der Waals surface area contributed by atoms with E-state index in [1.54, 1.807) is 0 Å². The first kappa shape index (κ1) is 12.7. The van der Waals surface area contributed by atoms with Gasteiger partial charge in [-0.15, -0.1) is 0 Å². The van der Waals surface area contributed by atoms with E-state index < -0.39 is 0 Å². The molecule has 2 fully saturated rings. The first-order valence-corrected chi connectivity index (χ1v) is 8.04. The number of piperazine rings is 1. The van der Waals surface area contributed by atoms with Gasteiger partial charge < -0.3 is 5.11 Å². The molecule has 3 nitrogen and oxygen atoms in total. The van der Waals surface area contributed by atoms with Gasteiger partial charge in [-0.25, -0.2) is 0 Å². The third kappa shape index (κ3) is 1.95. The van der Waals surface area contributed by atoms with Crippen molar-refractivity contribution in [1.82, 2.24) is 9.80 Å². The second-order valence-corrected chi connectivity index (χ2v) is 6.77. The number of phenols is 1. The maximum Gasteiger partial charge on any atom is 0.115 e. The summed E-state index contributed by atoms with van der Waals surface area (Å²) in [6.07, 6.45) is 5.08. The summed E-state index contributed by atoms with van der Waals surface area (Å²) >= 11 is 0. The first-order valence-electron chi connectivity index (χ1n) is 8.04. The molecule has 3 heteroatoms. The molecule has 0 saturated carbocycles. The van der Waals surface area contributed by atoms with Crippen molar-refractivity contribution in [2.24, 2.45) is 0 Å². The van der Waals surface area contributed by atoms with E-state index in [-0.39, 0.29) is 0 Å². The summed E-state index contributed by atoms with van der Waals surface area (Å²) in [4.78, 5) is 5.42. The fraction of sp³-hybridized carbons (Fsp3) is 0.647. The molecule has 108 valence electrons. The second kappa shape index (κ2) is 4.74. The van der Waals surface area contributed by atoms with Gasteiger partial charge >= 0.3 is 0 Å². The summed E-state index contributed by atoms with van der Waals surface area (Å²) in [5, 5.41) is 9.65. The number of hydrogen-bond acceptors (Lipinski definition) is 3. The third-order valence-electron chi connectivity index (χ3n) is 5.56. The van der Waals surface area contributed by atoms with E-state index in [1.807, 2.05) is 12.1 Å². The fourth-order valence-corrected chi connectivity index (χ4v) is 4.57. The van der Waals surface area contributed by atoms with Crippen LogP contribution in [0.15, 0.2) is 18.2 Å². The third-order valence-corrected chi connectivity index (χ3v) is 5.56. The maximum absolute atomic E-state index is 9.65. The van der Waals surface area contributed by atoms with Crippen LogP contribution in [0.1, 0.15) is 43.4 Å². The minimum Gasteiger partial charge on any atom is -0.508 e. The highest BCUT2D eigenvalue weighted by Crippen LogP contribution is 2.40. The van der Waals surface area contributed by atoms with Crippen LogP contribution in [-0.2, 0) is 6.42 Å². The van der Waals surface area contributed by atoms with Gasteiger partial charge in [-0.05, 0) is 62.4 Å². The van der Waals surface area contributed by atoms with Crippen molar-refractivity contribution in [2.75, 3.05) is 19.6 Å². The Bertz CT molecular complexity index is 516. The van der Waals surface area contributed by atoms with Crippen LogP contribution in [-0.4, -0.2) is 46.6 Å². The Morgan fingerprint density at radius 1 is 1.20 bits per heavy atom. The molecular weight excluding hydrogens is 248 g/mol.